The van der Waals surface area contributed by atoms with Gasteiger partial charge in [0.2, 0.25) is 0 Å². The first-order chi connectivity index (χ1) is 16.8. The lowest BCUT2D eigenvalue weighted by molar-refractivity contribution is 0.0600. The van der Waals surface area contributed by atoms with Crippen LogP contribution in [0.4, 0.5) is 11.4 Å². The third-order valence-corrected chi connectivity index (χ3v) is 8.47. The molecule has 0 saturated carbocycles. The van der Waals surface area contributed by atoms with Crippen molar-refractivity contribution in [1.82, 2.24) is 0 Å². The van der Waals surface area contributed by atoms with Crippen LogP contribution in [0.3, 0.4) is 0 Å². The number of methoxy groups -OCH3 is 1. The predicted molar refractivity (Wildman–Crippen MR) is 137 cm³/mol. The van der Waals surface area contributed by atoms with Crippen molar-refractivity contribution < 1.29 is 17.9 Å². The summed E-state index contributed by atoms with van der Waals surface area (Å²) >= 11 is 0. The molecule has 0 unspecified atom stereocenters. The Hall–Kier alpha value is -3.58. The van der Waals surface area contributed by atoms with Crippen molar-refractivity contribution in [1.29, 1.82) is 0 Å². The number of hydrogen-bond donors (Lipinski definition) is 2. The number of anilines is 2. The van der Waals surface area contributed by atoms with Crippen LogP contribution in [0.25, 0.3) is 0 Å². The zero-order chi connectivity index (χ0) is 24.7. The van der Waals surface area contributed by atoms with Gasteiger partial charge in [0.25, 0.3) is 10.0 Å². The number of allylic oxidation sites excluding steroid dienone is 2. The highest BCUT2D eigenvalue weighted by molar-refractivity contribution is 7.92. The van der Waals surface area contributed by atoms with E-state index >= 15 is 0 Å². The molecule has 0 bridgehead atoms. The van der Waals surface area contributed by atoms with Crippen molar-refractivity contribution in [2.45, 2.75) is 37.1 Å². The summed E-state index contributed by atoms with van der Waals surface area (Å²) in [6.45, 7) is 3.96. The zero-order valence-electron chi connectivity index (χ0n) is 19.9. The average Bonchev–Trinajstić information content (AvgIpc) is 3.35. The van der Waals surface area contributed by atoms with Crippen LogP contribution in [0, 0.1) is 19.8 Å². The quantitative estimate of drug-likeness (QED) is 0.355. The highest BCUT2D eigenvalue weighted by Gasteiger charge is 2.38. The Labute approximate surface area is 206 Å². The topological polar surface area (TPSA) is 84.5 Å². The minimum absolute atomic E-state index is 0.0466. The minimum Gasteiger partial charge on any atom is -0.465 e. The molecule has 7 heteroatoms. The summed E-state index contributed by atoms with van der Waals surface area (Å²) in [5.74, 6) is -0.00695. The number of fused-ring (bicyclic) bond motifs is 3. The van der Waals surface area contributed by atoms with Crippen molar-refractivity contribution in [3.8, 4) is 0 Å². The number of carbonyl (C=O) groups is 1. The molecule has 3 atom stereocenters. The number of esters is 1. The normalized spacial score (nSPS) is 20.5. The fourth-order valence-electron chi connectivity index (χ4n) is 5.03. The molecule has 5 rings (SSSR count). The molecular weight excluding hydrogens is 460 g/mol. The smallest absolute Gasteiger partial charge is 0.337 e. The molecule has 0 amide bonds. The Balaban J connectivity index is 1.44. The Morgan fingerprint density at radius 1 is 1.00 bits per heavy atom. The molecule has 0 saturated heterocycles. The molecule has 1 heterocycles. The SMILES string of the molecule is COC(=O)c1ccc([C@@H]2Nc3ccc(S(=O)(=O)Nc4ccc(C)c(C)c4)cc3[C@@H]3C=CC[C@@H]32)cc1. The van der Waals surface area contributed by atoms with Gasteiger partial charge in [-0.3, -0.25) is 4.72 Å². The number of nitrogens with one attached hydrogen (secondary N) is 2. The molecule has 3 aromatic carbocycles. The second kappa shape index (κ2) is 8.89. The van der Waals surface area contributed by atoms with E-state index in [0.29, 0.717) is 11.3 Å². The summed E-state index contributed by atoms with van der Waals surface area (Å²) in [5.41, 5.74) is 6.19. The molecule has 0 fully saturated rings. The third-order valence-electron chi connectivity index (χ3n) is 7.09. The largest absolute Gasteiger partial charge is 0.465 e. The lowest BCUT2D eigenvalue weighted by Crippen LogP contribution is -2.29. The lowest BCUT2D eigenvalue weighted by atomic mass is 9.77. The molecular formula is C28H28N2O4S. The Morgan fingerprint density at radius 3 is 2.49 bits per heavy atom. The third kappa shape index (κ3) is 4.32. The Bertz CT molecular complexity index is 1430. The molecule has 35 heavy (non-hydrogen) atoms. The molecule has 1 aliphatic heterocycles. The van der Waals surface area contributed by atoms with E-state index in [1.165, 1.54) is 7.11 Å². The van der Waals surface area contributed by atoms with E-state index in [1.807, 2.05) is 44.2 Å². The van der Waals surface area contributed by atoms with Crippen molar-refractivity contribution in [3.63, 3.8) is 0 Å². The van der Waals surface area contributed by atoms with Gasteiger partial charge in [-0.15, -0.1) is 0 Å². The van der Waals surface area contributed by atoms with E-state index in [2.05, 4.69) is 22.2 Å². The first kappa shape index (κ1) is 23.2. The van der Waals surface area contributed by atoms with Gasteiger partial charge in [-0.2, -0.15) is 0 Å². The second-order valence-electron chi connectivity index (χ2n) is 9.24. The van der Waals surface area contributed by atoms with Gasteiger partial charge in [0.15, 0.2) is 0 Å². The fraction of sp³-hybridized carbons (Fsp3) is 0.250. The molecule has 1 aliphatic carbocycles. The molecule has 180 valence electrons. The standard InChI is InChI=1S/C28H28N2O4S/c1-17-7-12-21(15-18(17)2)30-35(32,33)22-13-14-26-25(16-22)23-5-4-6-24(23)27(29-26)19-8-10-20(11-9-19)28(31)34-3/h4-5,7-16,23-24,27,29-30H,6H2,1-3H3/t23-,24+,27+/m1/s1. The van der Waals surface area contributed by atoms with E-state index in [-0.39, 0.29) is 28.7 Å². The summed E-state index contributed by atoms with van der Waals surface area (Å²) in [6, 6.07) is 18.3. The number of hydrogen-bond acceptors (Lipinski definition) is 5. The van der Waals surface area contributed by atoms with E-state index < -0.39 is 10.0 Å². The van der Waals surface area contributed by atoms with Gasteiger partial charge in [0.05, 0.1) is 23.6 Å². The predicted octanol–water partition coefficient (Wildman–Crippen LogP) is 5.72. The van der Waals surface area contributed by atoms with Gasteiger partial charge in [0.1, 0.15) is 0 Å². The van der Waals surface area contributed by atoms with E-state index in [1.54, 1.807) is 30.3 Å². The molecule has 3 aromatic rings. The number of aryl methyl sites for hydroxylation is 2. The van der Waals surface area contributed by atoms with Crippen LogP contribution in [-0.2, 0) is 14.8 Å². The molecule has 0 spiro atoms. The van der Waals surface area contributed by atoms with Crippen molar-refractivity contribution in [2.24, 2.45) is 5.92 Å². The van der Waals surface area contributed by atoms with Gasteiger partial charge in [-0.05, 0) is 90.9 Å². The number of ether oxygens (including phenoxy) is 1. The van der Waals surface area contributed by atoms with Gasteiger partial charge < -0.3 is 10.1 Å². The Kier molecular flexibility index (Phi) is 5.89. The van der Waals surface area contributed by atoms with Crippen LogP contribution in [0.2, 0.25) is 0 Å². The average molecular weight is 489 g/mol. The van der Waals surface area contributed by atoms with Crippen LogP contribution in [-0.4, -0.2) is 21.5 Å². The summed E-state index contributed by atoms with van der Waals surface area (Å²) < 4.78 is 33.9. The number of carbonyl (C=O) groups excluding carboxylic acids is 1. The molecule has 6 nitrogen and oxygen atoms in total. The maximum absolute atomic E-state index is 13.2. The number of sulfonamides is 1. The monoisotopic (exact) mass is 488 g/mol. The summed E-state index contributed by atoms with van der Waals surface area (Å²) in [7, 11) is -2.36. The van der Waals surface area contributed by atoms with E-state index in [0.717, 1.165) is 34.4 Å². The first-order valence-electron chi connectivity index (χ1n) is 11.6. The summed E-state index contributed by atoms with van der Waals surface area (Å²) in [5, 5.41) is 3.62. The summed E-state index contributed by atoms with van der Waals surface area (Å²) in [4.78, 5) is 12.1. The zero-order valence-corrected chi connectivity index (χ0v) is 20.7. The first-order valence-corrected chi connectivity index (χ1v) is 13.1. The van der Waals surface area contributed by atoms with Gasteiger partial charge in [-0.1, -0.05) is 30.4 Å². The van der Waals surface area contributed by atoms with Crippen LogP contribution in [0.1, 0.15) is 51.0 Å². The van der Waals surface area contributed by atoms with E-state index in [9.17, 15) is 13.2 Å². The molecule has 2 aliphatic rings. The van der Waals surface area contributed by atoms with Crippen LogP contribution in [0.15, 0.2) is 77.7 Å². The lowest BCUT2D eigenvalue weighted by Gasteiger charge is -2.37. The maximum atomic E-state index is 13.2. The second-order valence-corrected chi connectivity index (χ2v) is 10.9. The Morgan fingerprint density at radius 2 is 1.77 bits per heavy atom. The van der Waals surface area contributed by atoms with Crippen molar-refractivity contribution >= 4 is 27.4 Å². The highest BCUT2D eigenvalue weighted by atomic mass is 32.2. The van der Waals surface area contributed by atoms with Gasteiger partial charge in [0, 0.05) is 17.3 Å². The molecule has 0 radical (unpaired) electrons. The number of rotatable bonds is 5. The number of benzene rings is 3. The van der Waals surface area contributed by atoms with Crippen LogP contribution >= 0.6 is 0 Å². The van der Waals surface area contributed by atoms with Gasteiger partial charge in [-0.25, -0.2) is 13.2 Å². The van der Waals surface area contributed by atoms with Crippen molar-refractivity contribution in [3.05, 3.63) is 101 Å². The molecule has 0 aromatic heterocycles. The summed E-state index contributed by atoms with van der Waals surface area (Å²) in [6.07, 6.45) is 5.22. The highest BCUT2D eigenvalue weighted by Crippen LogP contribution is 2.50. The van der Waals surface area contributed by atoms with Crippen molar-refractivity contribution in [2.75, 3.05) is 17.1 Å². The minimum atomic E-state index is -3.73. The molecule has 2 N–H and O–H groups in total. The van der Waals surface area contributed by atoms with Gasteiger partial charge >= 0.3 is 5.97 Å². The van der Waals surface area contributed by atoms with E-state index in [4.69, 9.17) is 4.74 Å². The van der Waals surface area contributed by atoms with Crippen LogP contribution in [0.5, 0.6) is 0 Å². The maximum Gasteiger partial charge on any atom is 0.337 e. The van der Waals surface area contributed by atoms with Crippen LogP contribution < -0.4 is 10.0 Å². The fourth-order valence-corrected chi connectivity index (χ4v) is 6.12.